The van der Waals surface area contributed by atoms with Crippen molar-refractivity contribution in [2.75, 3.05) is 49.2 Å². The molecule has 2 heterocycles. The van der Waals surface area contributed by atoms with E-state index in [1.807, 2.05) is 90.6 Å². The summed E-state index contributed by atoms with van der Waals surface area (Å²) in [5.74, 6) is 1.26. The van der Waals surface area contributed by atoms with E-state index in [9.17, 15) is 8.42 Å². The maximum absolute atomic E-state index is 12.3. The van der Waals surface area contributed by atoms with Crippen molar-refractivity contribution >= 4 is 45.0 Å². The first-order valence-corrected chi connectivity index (χ1v) is 16.8. The average molecular weight is 669 g/mol. The Labute approximate surface area is 275 Å². The highest BCUT2D eigenvalue weighted by molar-refractivity contribution is 7.81. The summed E-state index contributed by atoms with van der Waals surface area (Å²) in [4.78, 5) is 4.27. The van der Waals surface area contributed by atoms with E-state index < -0.39 is 10.4 Å². The van der Waals surface area contributed by atoms with Crippen molar-refractivity contribution in [3.63, 3.8) is 0 Å². The molecule has 0 bridgehead atoms. The van der Waals surface area contributed by atoms with Gasteiger partial charge in [-0.25, -0.2) is 17.5 Å². The lowest BCUT2D eigenvalue weighted by Gasteiger charge is -2.23. The molecule has 0 spiro atoms. The molecule has 0 saturated carbocycles. The monoisotopic (exact) mass is 668 g/mol. The Morgan fingerprint density at radius 2 is 1.06 bits per heavy atom. The molecule has 2 aromatic carbocycles. The molecule has 0 N–H and O–H groups in total. The number of rotatable bonds is 18. The van der Waals surface area contributed by atoms with Crippen molar-refractivity contribution in [3.8, 4) is 0 Å². The molecule has 0 aliphatic carbocycles. The van der Waals surface area contributed by atoms with Crippen LogP contribution in [0, 0.1) is 0 Å². The maximum atomic E-state index is 12.3. The lowest BCUT2D eigenvalue weighted by atomic mass is 10.2. The SMILES string of the molecule is CCN(CCCOS(=O)(=O)OCCCN(CC)c1ccc(/N=N/c2n(C)cn[n+]2C)cc1)c1ccc(/N=N/c2n(C)cn[n+]2C)cc1. The topological polar surface area (TPSA) is 152 Å². The van der Waals surface area contributed by atoms with Gasteiger partial charge in [-0.05, 0) is 75.2 Å². The van der Waals surface area contributed by atoms with Gasteiger partial charge in [-0.3, -0.25) is 0 Å². The van der Waals surface area contributed by atoms with E-state index in [1.165, 1.54) is 0 Å². The zero-order valence-electron chi connectivity index (χ0n) is 27.8. The second kappa shape index (κ2) is 16.8. The zero-order chi connectivity index (χ0) is 33.8. The minimum absolute atomic E-state index is 0.0243. The molecule has 2 aromatic heterocycles. The minimum atomic E-state index is -4.09. The molecule has 0 radical (unpaired) electrons. The fourth-order valence-corrected chi connectivity index (χ4v) is 5.43. The van der Waals surface area contributed by atoms with Gasteiger partial charge >= 0.3 is 22.3 Å². The third-order valence-electron chi connectivity index (χ3n) is 7.31. The van der Waals surface area contributed by atoms with Crippen molar-refractivity contribution in [2.45, 2.75) is 26.7 Å². The Morgan fingerprint density at radius 3 is 1.38 bits per heavy atom. The first-order chi connectivity index (χ1) is 22.6. The van der Waals surface area contributed by atoms with Gasteiger partial charge in [-0.1, -0.05) is 20.4 Å². The standard InChI is InChI=1S/C30H44N12O4S/c1-7-41(27-15-11-25(12-16-27)33-35-29-37(3)23-31-39(29)5)19-9-21-45-47(43,44)46-22-10-20-42(8-2)28-17-13-26(14-18-28)34-36-30-38(4)24-32-40(30)6/h11-18,23-24H,7-10,19-22H2,1-6H3/q+2. The third kappa shape index (κ3) is 10.2. The molecule has 0 atom stereocenters. The second-order valence-electron chi connectivity index (χ2n) is 10.7. The lowest BCUT2D eigenvalue weighted by Crippen LogP contribution is -2.29. The Kier molecular flexibility index (Phi) is 12.6. The van der Waals surface area contributed by atoms with Crippen LogP contribution in [0.1, 0.15) is 26.7 Å². The summed E-state index contributed by atoms with van der Waals surface area (Å²) >= 11 is 0. The van der Waals surface area contributed by atoms with E-state index in [0.717, 1.165) is 24.5 Å². The van der Waals surface area contributed by atoms with Gasteiger partial charge < -0.3 is 9.80 Å². The van der Waals surface area contributed by atoms with E-state index in [2.05, 4.69) is 40.5 Å². The number of nitrogens with zero attached hydrogens (tertiary/aromatic N) is 12. The van der Waals surface area contributed by atoms with Crippen LogP contribution in [0.4, 0.5) is 34.6 Å². The van der Waals surface area contributed by atoms with Crippen LogP contribution < -0.4 is 19.2 Å². The van der Waals surface area contributed by atoms with Gasteiger partial charge in [0.05, 0.1) is 41.4 Å². The van der Waals surface area contributed by atoms with Gasteiger partial charge in [-0.15, -0.1) is 9.36 Å². The normalized spacial score (nSPS) is 12.0. The molecular formula is C30H44N12O4S+2. The van der Waals surface area contributed by atoms with Gasteiger partial charge in [0, 0.05) is 47.8 Å². The largest absolute Gasteiger partial charge is 0.441 e. The minimum Gasteiger partial charge on any atom is -0.372 e. The van der Waals surface area contributed by atoms with Crippen LogP contribution in [0.2, 0.25) is 0 Å². The second-order valence-corrected chi connectivity index (χ2v) is 12.0. The Bertz CT molecular complexity index is 1570. The summed E-state index contributed by atoms with van der Waals surface area (Å²) < 4.78 is 41.7. The van der Waals surface area contributed by atoms with Crippen molar-refractivity contribution in [2.24, 2.45) is 48.6 Å². The molecule has 47 heavy (non-hydrogen) atoms. The number of azo groups is 2. The summed E-state index contributed by atoms with van der Waals surface area (Å²) in [6, 6.07) is 15.4. The number of aryl methyl sites for hydroxylation is 4. The molecule has 0 saturated heterocycles. The van der Waals surface area contributed by atoms with Crippen LogP contribution in [0.5, 0.6) is 0 Å². The van der Waals surface area contributed by atoms with E-state index >= 15 is 0 Å². The average Bonchev–Trinajstić information content (AvgIpc) is 3.57. The highest BCUT2D eigenvalue weighted by Crippen LogP contribution is 2.23. The number of aromatic nitrogens is 6. The smallest absolute Gasteiger partial charge is 0.372 e. The number of hydrogen-bond acceptors (Lipinski definition) is 12. The predicted molar refractivity (Wildman–Crippen MR) is 176 cm³/mol. The number of anilines is 2. The van der Waals surface area contributed by atoms with Crippen LogP contribution in [-0.4, -0.2) is 67.1 Å². The highest BCUT2D eigenvalue weighted by Gasteiger charge is 2.15. The molecule has 4 aromatic rings. The molecule has 252 valence electrons. The van der Waals surface area contributed by atoms with Crippen LogP contribution >= 0.6 is 0 Å². The van der Waals surface area contributed by atoms with E-state index in [1.54, 1.807) is 31.2 Å². The molecule has 0 aliphatic rings. The Balaban J connectivity index is 1.16. The predicted octanol–water partition coefficient (Wildman–Crippen LogP) is 4.04. The molecular weight excluding hydrogens is 624 g/mol. The van der Waals surface area contributed by atoms with Crippen LogP contribution in [-0.2, 0) is 47.0 Å². The summed E-state index contributed by atoms with van der Waals surface area (Å²) in [5, 5.41) is 25.4. The lowest BCUT2D eigenvalue weighted by molar-refractivity contribution is -0.716. The first kappa shape index (κ1) is 35.2. The van der Waals surface area contributed by atoms with E-state index in [4.69, 9.17) is 8.37 Å². The first-order valence-electron chi connectivity index (χ1n) is 15.4. The van der Waals surface area contributed by atoms with E-state index in [-0.39, 0.29) is 13.2 Å². The van der Waals surface area contributed by atoms with Gasteiger partial charge in [0.25, 0.3) is 0 Å². The maximum Gasteiger partial charge on any atom is 0.441 e. The molecule has 0 aliphatic heterocycles. The Morgan fingerprint density at radius 1 is 0.681 bits per heavy atom. The van der Waals surface area contributed by atoms with Crippen molar-refractivity contribution < 1.29 is 26.1 Å². The summed E-state index contributed by atoms with van der Waals surface area (Å²) in [5.41, 5.74) is 3.42. The summed E-state index contributed by atoms with van der Waals surface area (Å²) in [6.45, 7) is 6.86. The summed E-state index contributed by atoms with van der Waals surface area (Å²) in [7, 11) is 3.23. The summed E-state index contributed by atoms with van der Waals surface area (Å²) in [6.07, 6.45) is 4.35. The van der Waals surface area contributed by atoms with Crippen LogP contribution in [0.25, 0.3) is 0 Å². The van der Waals surface area contributed by atoms with Crippen molar-refractivity contribution in [3.05, 3.63) is 61.2 Å². The molecule has 0 unspecified atom stereocenters. The molecule has 4 rings (SSSR count). The fourth-order valence-electron chi connectivity index (χ4n) is 4.72. The molecule has 16 nitrogen and oxygen atoms in total. The van der Waals surface area contributed by atoms with Gasteiger partial charge in [0.15, 0.2) is 12.7 Å². The van der Waals surface area contributed by atoms with Gasteiger partial charge in [0.2, 0.25) is 0 Å². The van der Waals surface area contributed by atoms with Crippen molar-refractivity contribution in [1.82, 2.24) is 19.3 Å². The quantitative estimate of drug-likeness (QED) is 0.0875. The van der Waals surface area contributed by atoms with Gasteiger partial charge in [0.1, 0.15) is 11.4 Å². The zero-order valence-corrected chi connectivity index (χ0v) is 28.7. The molecule has 0 amide bonds. The van der Waals surface area contributed by atoms with Crippen LogP contribution in [0.15, 0.2) is 81.6 Å². The highest BCUT2D eigenvalue weighted by atomic mass is 32.3. The van der Waals surface area contributed by atoms with Crippen molar-refractivity contribution in [1.29, 1.82) is 0 Å². The number of benzene rings is 2. The fraction of sp³-hybridized carbons (Fsp3) is 0.467. The molecule has 17 heteroatoms. The van der Waals surface area contributed by atoms with E-state index in [0.29, 0.717) is 49.2 Å². The third-order valence-corrected chi connectivity index (χ3v) is 8.22. The number of hydrogen-bond donors (Lipinski definition) is 0. The van der Waals surface area contributed by atoms with Gasteiger partial charge in [-0.2, -0.15) is 8.42 Å². The van der Waals surface area contributed by atoms with Crippen LogP contribution in [0.3, 0.4) is 0 Å². The Hall–Kier alpha value is -4.61. The molecule has 0 fully saturated rings.